The molecule has 0 saturated carbocycles. The second kappa shape index (κ2) is 6.42. The van der Waals surface area contributed by atoms with Crippen molar-refractivity contribution in [2.45, 2.75) is 25.8 Å². The van der Waals surface area contributed by atoms with Crippen LogP contribution in [0.1, 0.15) is 28.3 Å². The summed E-state index contributed by atoms with van der Waals surface area (Å²) in [5, 5.41) is 6.09. The first-order valence-electron chi connectivity index (χ1n) is 7.53. The van der Waals surface area contributed by atoms with Crippen LogP contribution in [-0.2, 0) is 12.8 Å². The van der Waals surface area contributed by atoms with E-state index in [2.05, 4.69) is 66.8 Å². The number of rotatable bonds is 5. The third-order valence-corrected chi connectivity index (χ3v) is 5.25. The molecule has 0 fully saturated rings. The van der Waals surface area contributed by atoms with Gasteiger partial charge in [-0.3, -0.25) is 0 Å². The predicted octanol–water partition coefficient (Wildman–Crippen LogP) is 4.97. The van der Waals surface area contributed by atoms with Crippen molar-refractivity contribution in [1.29, 1.82) is 0 Å². The largest absolute Gasteiger partial charge is 0.313 e. The first-order chi connectivity index (χ1) is 10.3. The van der Waals surface area contributed by atoms with E-state index in [4.69, 9.17) is 0 Å². The zero-order valence-corrected chi connectivity index (χ0v) is 13.4. The SMILES string of the molecule is CCc1ccc(CC(NC)c2ccc3ccccc3c2)s1. The van der Waals surface area contributed by atoms with Gasteiger partial charge in [0.1, 0.15) is 0 Å². The number of hydrogen-bond donors (Lipinski definition) is 1. The molecule has 0 spiro atoms. The third-order valence-electron chi connectivity index (χ3n) is 4.00. The molecule has 1 unspecified atom stereocenters. The maximum absolute atomic E-state index is 3.47. The molecule has 1 nitrogen and oxygen atoms in total. The van der Waals surface area contributed by atoms with Gasteiger partial charge in [0.25, 0.3) is 0 Å². The van der Waals surface area contributed by atoms with Gasteiger partial charge in [0.2, 0.25) is 0 Å². The second-order valence-corrected chi connectivity index (χ2v) is 6.63. The molecule has 1 N–H and O–H groups in total. The zero-order valence-electron chi connectivity index (χ0n) is 12.6. The Labute approximate surface area is 130 Å². The molecule has 0 saturated heterocycles. The molecule has 0 aliphatic heterocycles. The molecule has 108 valence electrons. The fourth-order valence-corrected chi connectivity index (χ4v) is 3.74. The Morgan fingerprint density at radius 3 is 2.43 bits per heavy atom. The minimum Gasteiger partial charge on any atom is -0.313 e. The molecule has 0 amide bonds. The van der Waals surface area contributed by atoms with Crippen molar-refractivity contribution >= 4 is 22.1 Å². The lowest BCUT2D eigenvalue weighted by Gasteiger charge is -2.16. The Morgan fingerprint density at radius 1 is 0.952 bits per heavy atom. The fourth-order valence-electron chi connectivity index (χ4n) is 2.73. The molecular weight excluding hydrogens is 274 g/mol. The summed E-state index contributed by atoms with van der Waals surface area (Å²) in [6.07, 6.45) is 2.18. The average molecular weight is 295 g/mol. The molecule has 3 aromatic rings. The van der Waals surface area contributed by atoms with Crippen LogP contribution in [0, 0.1) is 0 Å². The van der Waals surface area contributed by atoms with Crippen molar-refractivity contribution in [1.82, 2.24) is 5.32 Å². The monoisotopic (exact) mass is 295 g/mol. The van der Waals surface area contributed by atoms with Gasteiger partial charge < -0.3 is 5.32 Å². The Kier molecular flexibility index (Phi) is 4.37. The van der Waals surface area contributed by atoms with Crippen LogP contribution in [-0.4, -0.2) is 7.05 Å². The van der Waals surface area contributed by atoms with E-state index in [1.807, 2.05) is 18.4 Å². The summed E-state index contributed by atoms with van der Waals surface area (Å²) >= 11 is 1.93. The average Bonchev–Trinajstić information content (AvgIpc) is 3.00. The topological polar surface area (TPSA) is 12.0 Å². The Hall–Kier alpha value is -1.64. The Balaban J connectivity index is 1.86. The van der Waals surface area contributed by atoms with E-state index in [9.17, 15) is 0 Å². The van der Waals surface area contributed by atoms with E-state index in [0.29, 0.717) is 6.04 Å². The first kappa shape index (κ1) is 14.3. The van der Waals surface area contributed by atoms with Crippen LogP contribution >= 0.6 is 11.3 Å². The van der Waals surface area contributed by atoms with Crippen molar-refractivity contribution in [3.8, 4) is 0 Å². The van der Waals surface area contributed by atoms with Crippen LogP contribution in [0.4, 0.5) is 0 Å². The molecule has 1 heterocycles. The molecule has 0 aliphatic rings. The highest BCUT2D eigenvalue weighted by Gasteiger charge is 2.12. The summed E-state index contributed by atoms with van der Waals surface area (Å²) in [6.45, 7) is 2.22. The van der Waals surface area contributed by atoms with Gasteiger partial charge in [0.15, 0.2) is 0 Å². The van der Waals surface area contributed by atoms with Crippen LogP contribution in [0.25, 0.3) is 10.8 Å². The van der Waals surface area contributed by atoms with Gasteiger partial charge in [-0.05, 0) is 48.0 Å². The van der Waals surface area contributed by atoms with Gasteiger partial charge in [-0.2, -0.15) is 0 Å². The van der Waals surface area contributed by atoms with Crippen LogP contribution in [0.2, 0.25) is 0 Å². The third kappa shape index (κ3) is 3.17. The summed E-state index contributed by atoms with van der Waals surface area (Å²) in [4.78, 5) is 2.93. The normalized spacial score (nSPS) is 12.7. The fraction of sp³-hybridized carbons (Fsp3) is 0.263. The van der Waals surface area contributed by atoms with Gasteiger partial charge in [-0.25, -0.2) is 0 Å². The summed E-state index contributed by atoms with van der Waals surface area (Å²) in [7, 11) is 2.05. The molecular formula is C19H21NS. The van der Waals surface area contributed by atoms with E-state index < -0.39 is 0 Å². The summed E-state index contributed by atoms with van der Waals surface area (Å²) in [5.41, 5.74) is 1.36. The number of fused-ring (bicyclic) bond motifs is 1. The van der Waals surface area contributed by atoms with E-state index in [-0.39, 0.29) is 0 Å². The number of benzene rings is 2. The van der Waals surface area contributed by atoms with Gasteiger partial charge in [-0.1, -0.05) is 43.3 Å². The number of thiophene rings is 1. The van der Waals surface area contributed by atoms with Gasteiger partial charge in [0.05, 0.1) is 0 Å². The predicted molar refractivity (Wildman–Crippen MR) is 93.1 cm³/mol. The van der Waals surface area contributed by atoms with Gasteiger partial charge in [-0.15, -0.1) is 11.3 Å². The minimum absolute atomic E-state index is 0.373. The summed E-state index contributed by atoms with van der Waals surface area (Å²) < 4.78 is 0. The number of nitrogens with one attached hydrogen (secondary N) is 1. The lowest BCUT2D eigenvalue weighted by Crippen LogP contribution is -2.18. The molecule has 1 aromatic heterocycles. The van der Waals surface area contributed by atoms with Crippen LogP contribution in [0.5, 0.6) is 0 Å². The van der Waals surface area contributed by atoms with Crippen molar-refractivity contribution < 1.29 is 0 Å². The van der Waals surface area contributed by atoms with Gasteiger partial charge in [0, 0.05) is 22.2 Å². The Bertz CT molecular complexity index is 729. The van der Waals surface area contributed by atoms with Crippen LogP contribution in [0.15, 0.2) is 54.6 Å². The molecule has 2 aromatic carbocycles. The van der Waals surface area contributed by atoms with Gasteiger partial charge >= 0.3 is 0 Å². The molecule has 1 atom stereocenters. The second-order valence-electron chi connectivity index (χ2n) is 5.37. The number of likely N-dealkylation sites (N-methyl/N-ethyl adjacent to an activating group) is 1. The smallest absolute Gasteiger partial charge is 0.0366 e. The standard InChI is InChI=1S/C19H21NS/c1-3-17-10-11-18(21-17)13-19(20-2)16-9-8-14-6-4-5-7-15(14)12-16/h4-12,19-20H,3,13H2,1-2H3. The molecule has 3 rings (SSSR count). The van der Waals surface area contributed by atoms with Crippen molar-refractivity contribution in [2.24, 2.45) is 0 Å². The Morgan fingerprint density at radius 2 is 1.71 bits per heavy atom. The highest BCUT2D eigenvalue weighted by molar-refractivity contribution is 7.11. The molecule has 0 radical (unpaired) electrons. The van der Waals surface area contributed by atoms with Crippen molar-refractivity contribution in [2.75, 3.05) is 7.05 Å². The minimum atomic E-state index is 0.373. The van der Waals surface area contributed by atoms with Crippen LogP contribution in [0.3, 0.4) is 0 Å². The highest BCUT2D eigenvalue weighted by atomic mass is 32.1. The summed E-state index contributed by atoms with van der Waals surface area (Å²) in [6, 6.07) is 20.2. The molecule has 21 heavy (non-hydrogen) atoms. The lowest BCUT2D eigenvalue weighted by atomic mass is 9.99. The highest BCUT2D eigenvalue weighted by Crippen LogP contribution is 2.26. The zero-order chi connectivity index (χ0) is 14.7. The van der Waals surface area contributed by atoms with E-state index >= 15 is 0 Å². The number of hydrogen-bond acceptors (Lipinski definition) is 2. The molecule has 0 aliphatic carbocycles. The molecule has 0 bridgehead atoms. The van der Waals surface area contributed by atoms with Crippen LogP contribution < -0.4 is 5.32 Å². The molecule has 2 heteroatoms. The quantitative estimate of drug-likeness (QED) is 0.701. The lowest BCUT2D eigenvalue weighted by molar-refractivity contribution is 0.597. The van der Waals surface area contributed by atoms with Crippen molar-refractivity contribution in [3.05, 3.63) is 69.9 Å². The van der Waals surface area contributed by atoms with Crippen molar-refractivity contribution in [3.63, 3.8) is 0 Å². The maximum Gasteiger partial charge on any atom is 0.0366 e. The van der Waals surface area contributed by atoms with E-state index in [0.717, 1.165) is 12.8 Å². The number of aryl methyl sites for hydroxylation is 1. The first-order valence-corrected chi connectivity index (χ1v) is 8.35. The van der Waals surface area contributed by atoms with E-state index in [1.54, 1.807) is 0 Å². The maximum atomic E-state index is 3.47. The summed E-state index contributed by atoms with van der Waals surface area (Å²) in [5.74, 6) is 0. The van der Waals surface area contributed by atoms with E-state index in [1.165, 1.54) is 26.1 Å².